The maximum Gasteiger partial charge on any atom is 0.244 e. The molecule has 1 heterocycles. The Morgan fingerprint density at radius 1 is 1.15 bits per heavy atom. The average Bonchev–Trinajstić information content (AvgIpc) is 2.64. The van der Waals surface area contributed by atoms with Crippen molar-refractivity contribution < 1.29 is 14.1 Å². The first kappa shape index (κ1) is 18.6. The van der Waals surface area contributed by atoms with Gasteiger partial charge in [0.25, 0.3) is 0 Å². The predicted octanol–water partition coefficient (Wildman–Crippen LogP) is 2.86. The van der Waals surface area contributed by atoms with Gasteiger partial charge < -0.3 is 10.2 Å². The van der Waals surface area contributed by atoms with E-state index in [1.165, 1.54) is 28.7 Å². The molecule has 26 heavy (non-hydrogen) atoms. The van der Waals surface area contributed by atoms with Crippen LogP contribution >= 0.6 is 11.6 Å². The maximum absolute atomic E-state index is 13.5. The summed E-state index contributed by atoms with van der Waals surface area (Å²) in [5.41, 5.74) is 1.70. The van der Waals surface area contributed by atoms with Gasteiger partial charge in [-0.1, -0.05) is 41.9 Å². The lowest BCUT2D eigenvalue weighted by Gasteiger charge is -2.29. The topological polar surface area (TPSA) is 33.5 Å². The maximum atomic E-state index is 13.5. The average molecular weight is 374 g/mol. The fourth-order valence-corrected chi connectivity index (χ4v) is 3.39. The molecule has 0 aromatic heterocycles. The molecule has 136 valence electrons. The first-order chi connectivity index (χ1) is 12.6. The summed E-state index contributed by atoms with van der Waals surface area (Å²) in [6, 6.07) is 14.6. The van der Waals surface area contributed by atoms with Crippen LogP contribution in [0.1, 0.15) is 24.0 Å². The van der Waals surface area contributed by atoms with Crippen LogP contribution in [0.25, 0.3) is 6.08 Å². The lowest BCUT2D eigenvalue weighted by molar-refractivity contribution is -0.918. The van der Waals surface area contributed by atoms with Crippen molar-refractivity contribution in [3.8, 4) is 0 Å². The number of benzene rings is 2. The third-order valence-corrected chi connectivity index (χ3v) is 4.98. The van der Waals surface area contributed by atoms with Gasteiger partial charge in [0.05, 0.1) is 13.1 Å². The molecule has 2 aromatic carbocycles. The van der Waals surface area contributed by atoms with Crippen LogP contribution in [0.4, 0.5) is 4.39 Å². The van der Waals surface area contributed by atoms with Gasteiger partial charge in [0.2, 0.25) is 5.91 Å². The van der Waals surface area contributed by atoms with Crippen molar-refractivity contribution in [2.45, 2.75) is 25.4 Å². The van der Waals surface area contributed by atoms with Crippen LogP contribution in [0.15, 0.2) is 54.6 Å². The van der Waals surface area contributed by atoms with Crippen LogP contribution in [-0.2, 0) is 11.3 Å². The number of amides is 1. The summed E-state index contributed by atoms with van der Waals surface area (Å²) in [4.78, 5) is 13.6. The molecule has 0 atom stereocenters. The Bertz CT molecular complexity index is 768. The molecule has 3 nitrogen and oxygen atoms in total. The Morgan fingerprint density at radius 2 is 1.85 bits per heavy atom. The zero-order valence-corrected chi connectivity index (χ0v) is 15.3. The Kier molecular flexibility index (Phi) is 6.42. The van der Waals surface area contributed by atoms with Crippen LogP contribution in [0.5, 0.6) is 0 Å². The van der Waals surface area contributed by atoms with E-state index >= 15 is 0 Å². The zero-order valence-electron chi connectivity index (χ0n) is 14.6. The van der Waals surface area contributed by atoms with Gasteiger partial charge in [-0.05, 0) is 24.3 Å². The monoisotopic (exact) mass is 373 g/mol. The molecule has 1 aliphatic rings. The molecule has 1 fully saturated rings. The van der Waals surface area contributed by atoms with E-state index in [4.69, 9.17) is 11.6 Å². The Labute approximate surface area is 158 Å². The summed E-state index contributed by atoms with van der Waals surface area (Å²) in [5.74, 6) is -0.491. The molecule has 0 radical (unpaired) electrons. The third-order valence-electron chi connectivity index (χ3n) is 4.73. The van der Waals surface area contributed by atoms with Crippen LogP contribution in [0.2, 0.25) is 5.02 Å². The van der Waals surface area contributed by atoms with Gasteiger partial charge in [-0.2, -0.15) is 0 Å². The SMILES string of the molecule is O=C(/C=C/c1ccccc1F)NC1CC[NH+](Cc2ccc(Cl)cc2)CC1. The Balaban J connectivity index is 1.44. The van der Waals surface area contributed by atoms with Gasteiger partial charge in [0.15, 0.2) is 0 Å². The van der Waals surface area contributed by atoms with Crippen molar-refractivity contribution in [1.82, 2.24) is 5.32 Å². The van der Waals surface area contributed by atoms with E-state index in [9.17, 15) is 9.18 Å². The van der Waals surface area contributed by atoms with Crippen LogP contribution in [0, 0.1) is 5.82 Å². The minimum absolute atomic E-state index is 0.167. The fourth-order valence-electron chi connectivity index (χ4n) is 3.26. The van der Waals surface area contributed by atoms with Gasteiger partial charge in [-0.3, -0.25) is 4.79 Å². The number of carbonyl (C=O) groups excluding carboxylic acids is 1. The van der Waals surface area contributed by atoms with E-state index in [1.807, 2.05) is 12.1 Å². The number of rotatable bonds is 5. The smallest absolute Gasteiger partial charge is 0.244 e. The summed E-state index contributed by atoms with van der Waals surface area (Å²) in [5, 5.41) is 3.78. The molecular formula is C21H23ClFN2O+. The predicted molar refractivity (Wildman–Crippen MR) is 102 cm³/mol. The lowest BCUT2D eigenvalue weighted by atomic mass is 10.0. The number of likely N-dealkylation sites (tertiary alicyclic amines) is 1. The molecule has 0 aliphatic carbocycles. The van der Waals surface area contributed by atoms with E-state index in [-0.39, 0.29) is 17.8 Å². The second-order valence-corrected chi connectivity index (χ2v) is 7.13. The molecule has 5 heteroatoms. The molecular weight excluding hydrogens is 351 g/mol. The Hall–Kier alpha value is -2.17. The molecule has 0 unspecified atom stereocenters. The van der Waals surface area contributed by atoms with Crippen molar-refractivity contribution in [1.29, 1.82) is 0 Å². The third kappa shape index (κ3) is 5.41. The summed E-state index contributed by atoms with van der Waals surface area (Å²) < 4.78 is 13.5. The molecule has 2 aromatic rings. The highest BCUT2D eigenvalue weighted by Gasteiger charge is 2.22. The highest BCUT2D eigenvalue weighted by Crippen LogP contribution is 2.10. The van der Waals surface area contributed by atoms with E-state index in [2.05, 4.69) is 17.4 Å². The largest absolute Gasteiger partial charge is 0.349 e. The molecule has 0 bridgehead atoms. The summed E-state index contributed by atoms with van der Waals surface area (Å²) in [6.45, 7) is 3.01. The molecule has 1 amide bonds. The van der Waals surface area contributed by atoms with Gasteiger partial charge >= 0.3 is 0 Å². The van der Waals surface area contributed by atoms with Gasteiger partial charge in [-0.15, -0.1) is 0 Å². The standard InChI is InChI=1S/C21H22ClFN2O/c22-18-8-5-16(6-9-18)15-25-13-11-19(12-14-25)24-21(26)10-7-17-3-1-2-4-20(17)23/h1-10,19H,11-15H2,(H,24,26)/p+1/b10-7+. The molecule has 2 N–H and O–H groups in total. The Morgan fingerprint density at radius 3 is 2.54 bits per heavy atom. The van der Waals surface area contributed by atoms with Crippen LogP contribution in [0.3, 0.4) is 0 Å². The van der Waals surface area contributed by atoms with E-state index in [0.717, 1.165) is 37.5 Å². The second kappa shape index (κ2) is 8.97. The van der Waals surface area contributed by atoms with Crippen molar-refractivity contribution in [3.05, 3.63) is 76.6 Å². The number of quaternary nitrogens is 1. The van der Waals surface area contributed by atoms with E-state index in [0.29, 0.717) is 5.56 Å². The number of nitrogens with one attached hydrogen (secondary N) is 2. The zero-order chi connectivity index (χ0) is 18.4. The van der Waals surface area contributed by atoms with Crippen molar-refractivity contribution in [2.24, 2.45) is 0 Å². The minimum Gasteiger partial charge on any atom is -0.349 e. The van der Waals surface area contributed by atoms with Crippen LogP contribution < -0.4 is 10.2 Å². The highest BCUT2D eigenvalue weighted by atomic mass is 35.5. The quantitative estimate of drug-likeness (QED) is 0.776. The first-order valence-corrected chi connectivity index (χ1v) is 9.29. The number of hydrogen-bond donors (Lipinski definition) is 2. The highest BCUT2D eigenvalue weighted by molar-refractivity contribution is 6.30. The second-order valence-electron chi connectivity index (χ2n) is 6.69. The molecule has 1 aliphatic heterocycles. The number of hydrogen-bond acceptors (Lipinski definition) is 1. The summed E-state index contributed by atoms with van der Waals surface area (Å²) >= 11 is 5.92. The van der Waals surface area contributed by atoms with Crippen molar-refractivity contribution in [3.63, 3.8) is 0 Å². The summed E-state index contributed by atoms with van der Waals surface area (Å²) in [7, 11) is 0. The molecule has 1 saturated heterocycles. The van der Waals surface area contributed by atoms with Gasteiger partial charge in [-0.25, -0.2) is 4.39 Å². The van der Waals surface area contributed by atoms with Crippen LogP contribution in [-0.4, -0.2) is 25.0 Å². The van der Waals surface area contributed by atoms with Gasteiger partial charge in [0, 0.05) is 41.1 Å². The first-order valence-electron chi connectivity index (χ1n) is 8.91. The fraction of sp³-hybridized carbons (Fsp3) is 0.286. The lowest BCUT2D eigenvalue weighted by Crippen LogP contribution is -3.12. The van der Waals surface area contributed by atoms with E-state index < -0.39 is 0 Å². The number of carbonyl (C=O) groups is 1. The minimum atomic E-state index is -0.323. The molecule has 0 spiro atoms. The summed E-state index contributed by atoms with van der Waals surface area (Å²) in [6.07, 6.45) is 4.82. The normalized spacial score (nSPS) is 20.2. The van der Waals surface area contributed by atoms with Gasteiger partial charge in [0.1, 0.15) is 12.4 Å². The molecule has 0 saturated carbocycles. The number of piperidine rings is 1. The van der Waals surface area contributed by atoms with Crippen molar-refractivity contribution in [2.75, 3.05) is 13.1 Å². The van der Waals surface area contributed by atoms with Crippen molar-refractivity contribution >= 4 is 23.6 Å². The van der Waals surface area contributed by atoms with E-state index in [1.54, 1.807) is 18.2 Å². The number of halogens is 2. The molecule has 3 rings (SSSR count).